The molecule has 2 aromatic carbocycles. The van der Waals surface area contributed by atoms with Crippen LogP contribution in [0.3, 0.4) is 0 Å². The summed E-state index contributed by atoms with van der Waals surface area (Å²) in [5.74, 6) is -4.15. The van der Waals surface area contributed by atoms with E-state index in [1.165, 1.54) is 20.8 Å². The summed E-state index contributed by atoms with van der Waals surface area (Å²) in [5, 5.41) is 6.40. The number of hydrogen-bond donors (Lipinski definition) is 0. The molecule has 1 unspecified atom stereocenters. The Balaban J connectivity index is 1.85. The Morgan fingerprint density at radius 3 is 2.22 bits per heavy atom. The van der Waals surface area contributed by atoms with Crippen molar-refractivity contribution in [2.24, 2.45) is 10.5 Å². The fourth-order valence-electron chi connectivity index (χ4n) is 5.23. The van der Waals surface area contributed by atoms with E-state index in [9.17, 15) is 14.4 Å². The summed E-state index contributed by atoms with van der Waals surface area (Å²) in [5.41, 5.74) is 0.0627. The Labute approximate surface area is 189 Å². The van der Waals surface area contributed by atoms with Crippen LogP contribution in [0.5, 0.6) is 0 Å². The summed E-state index contributed by atoms with van der Waals surface area (Å²) in [4.78, 5) is 40.6. The first-order valence-corrected chi connectivity index (χ1v) is 10.7. The zero-order valence-electron chi connectivity index (χ0n) is 17.7. The van der Waals surface area contributed by atoms with Gasteiger partial charge in [0.15, 0.2) is 5.78 Å². The van der Waals surface area contributed by atoms with Gasteiger partial charge in [0.25, 0.3) is 5.79 Å². The Morgan fingerprint density at radius 2 is 1.59 bits per heavy atom. The van der Waals surface area contributed by atoms with E-state index in [0.717, 1.165) is 5.56 Å². The second kappa shape index (κ2) is 6.90. The molecule has 164 valence electrons. The highest BCUT2D eigenvalue weighted by Crippen LogP contribution is 2.63. The number of nitrogens with zero attached hydrogens (tertiary/aromatic N) is 2. The van der Waals surface area contributed by atoms with Gasteiger partial charge >= 0.3 is 11.9 Å². The third-order valence-corrected chi connectivity index (χ3v) is 6.76. The molecule has 5 rings (SSSR count). The Bertz CT molecular complexity index is 1170. The van der Waals surface area contributed by atoms with Gasteiger partial charge in [-0.15, -0.1) is 0 Å². The Kier molecular flexibility index (Phi) is 4.47. The molecule has 2 fully saturated rings. The van der Waals surface area contributed by atoms with Crippen LogP contribution in [0.2, 0.25) is 5.02 Å². The minimum absolute atomic E-state index is 0.251. The molecule has 32 heavy (non-hydrogen) atoms. The third-order valence-electron chi connectivity index (χ3n) is 6.42. The van der Waals surface area contributed by atoms with Gasteiger partial charge in [-0.1, -0.05) is 54.1 Å². The van der Waals surface area contributed by atoms with Crippen LogP contribution in [-0.2, 0) is 23.9 Å². The summed E-state index contributed by atoms with van der Waals surface area (Å²) in [6, 6.07) is 12.4. The molecule has 0 saturated carbocycles. The maximum Gasteiger partial charge on any atom is 0.330 e. The molecular weight excluding hydrogens is 432 g/mol. The SMILES string of the molecule is CC(=O)[C@@H]1[C@@H](c2ccccc2Cl)C2(C(=O)OC(C)(C)OC2=O)C2c3ccccc3C=NN21. The van der Waals surface area contributed by atoms with Gasteiger partial charge in [-0.25, -0.2) is 0 Å². The first-order chi connectivity index (χ1) is 15.2. The van der Waals surface area contributed by atoms with Crippen molar-refractivity contribution in [2.45, 2.75) is 44.6 Å². The standard InChI is InChI=1S/C24H21ClN2O5/c1-13(28)19-18(16-10-6-7-11-17(16)25)24(21(29)31-23(2,3)32-22(24)30)20-15-9-5-4-8-14(15)12-26-27(19)20/h4-12,18-20H,1-3H3/t18-,19-,20?/m1/s1. The normalized spacial score (nSPS) is 26.9. The average molecular weight is 453 g/mol. The highest BCUT2D eigenvalue weighted by Gasteiger charge is 2.75. The lowest BCUT2D eigenvalue weighted by atomic mass is 9.65. The molecule has 2 saturated heterocycles. The quantitative estimate of drug-likeness (QED) is 0.511. The number of fused-ring (bicyclic) bond motifs is 4. The fraction of sp³-hybridized carbons (Fsp3) is 0.333. The molecule has 2 aromatic rings. The number of ketones is 1. The molecule has 7 nitrogen and oxygen atoms in total. The van der Waals surface area contributed by atoms with E-state index in [0.29, 0.717) is 16.1 Å². The second-order valence-corrected chi connectivity index (χ2v) is 9.17. The lowest BCUT2D eigenvalue weighted by molar-refractivity contribution is -0.254. The van der Waals surface area contributed by atoms with Gasteiger partial charge < -0.3 is 9.47 Å². The van der Waals surface area contributed by atoms with Crippen molar-refractivity contribution >= 4 is 35.5 Å². The monoisotopic (exact) mass is 452 g/mol. The first-order valence-electron chi connectivity index (χ1n) is 10.3. The zero-order valence-corrected chi connectivity index (χ0v) is 18.5. The summed E-state index contributed by atoms with van der Waals surface area (Å²) in [6.07, 6.45) is 1.63. The smallest absolute Gasteiger partial charge is 0.330 e. The number of halogens is 1. The summed E-state index contributed by atoms with van der Waals surface area (Å²) in [6.45, 7) is 4.43. The van der Waals surface area contributed by atoms with Crippen LogP contribution in [0.1, 0.15) is 49.4 Å². The fourth-order valence-corrected chi connectivity index (χ4v) is 5.49. The number of Topliss-reactive ketones (excluding diaryl/α,β-unsaturated/α-hetero) is 1. The molecule has 0 radical (unpaired) electrons. The van der Waals surface area contributed by atoms with E-state index in [1.807, 2.05) is 24.3 Å². The van der Waals surface area contributed by atoms with Gasteiger partial charge in [-0.3, -0.25) is 19.4 Å². The summed E-state index contributed by atoms with van der Waals surface area (Å²) >= 11 is 6.55. The maximum absolute atomic E-state index is 13.8. The molecule has 0 aliphatic carbocycles. The topological polar surface area (TPSA) is 85.3 Å². The largest absolute Gasteiger partial charge is 0.422 e. The molecule has 0 bridgehead atoms. The van der Waals surface area contributed by atoms with Gasteiger partial charge in [0.2, 0.25) is 5.41 Å². The Hall–Kier alpha value is -3.19. The molecule has 3 atom stereocenters. The van der Waals surface area contributed by atoms with Crippen molar-refractivity contribution in [1.29, 1.82) is 0 Å². The predicted octanol–water partition coefficient (Wildman–Crippen LogP) is 3.61. The molecule has 3 aliphatic rings. The lowest BCUT2D eigenvalue weighted by Crippen LogP contribution is -2.58. The molecule has 8 heteroatoms. The van der Waals surface area contributed by atoms with Crippen LogP contribution in [0.4, 0.5) is 0 Å². The van der Waals surface area contributed by atoms with Gasteiger partial charge in [0.1, 0.15) is 12.1 Å². The second-order valence-electron chi connectivity index (χ2n) is 8.76. The highest BCUT2D eigenvalue weighted by atomic mass is 35.5. The van der Waals surface area contributed by atoms with Crippen LogP contribution in [0, 0.1) is 5.41 Å². The first kappa shape index (κ1) is 20.7. The van der Waals surface area contributed by atoms with E-state index in [-0.39, 0.29) is 5.78 Å². The van der Waals surface area contributed by atoms with Crippen LogP contribution < -0.4 is 0 Å². The van der Waals surface area contributed by atoms with E-state index in [2.05, 4.69) is 5.10 Å². The highest BCUT2D eigenvalue weighted by molar-refractivity contribution is 6.31. The van der Waals surface area contributed by atoms with Crippen molar-refractivity contribution in [2.75, 3.05) is 0 Å². The van der Waals surface area contributed by atoms with Crippen molar-refractivity contribution in [1.82, 2.24) is 5.01 Å². The molecule has 0 amide bonds. The molecule has 3 aliphatic heterocycles. The van der Waals surface area contributed by atoms with Gasteiger partial charge in [0.05, 0.1) is 6.21 Å². The number of carbonyl (C=O) groups is 3. The number of benzene rings is 2. The summed E-state index contributed by atoms with van der Waals surface area (Å²) < 4.78 is 11.3. The van der Waals surface area contributed by atoms with Crippen molar-refractivity contribution < 1.29 is 23.9 Å². The molecule has 0 aromatic heterocycles. The van der Waals surface area contributed by atoms with E-state index >= 15 is 0 Å². The average Bonchev–Trinajstić information content (AvgIpc) is 3.05. The summed E-state index contributed by atoms with van der Waals surface area (Å²) in [7, 11) is 0. The Morgan fingerprint density at radius 1 is 1.00 bits per heavy atom. The third kappa shape index (κ3) is 2.67. The molecule has 1 spiro atoms. The van der Waals surface area contributed by atoms with Crippen LogP contribution in [0.15, 0.2) is 53.6 Å². The van der Waals surface area contributed by atoms with Gasteiger partial charge in [0, 0.05) is 24.8 Å². The van der Waals surface area contributed by atoms with Crippen molar-refractivity contribution in [3.8, 4) is 0 Å². The van der Waals surface area contributed by atoms with Crippen LogP contribution in [0.25, 0.3) is 0 Å². The number of esters is 2. The molecule has 0 N–H and O–H groups in total. The number of cyclic esters (lactones) is 2. The number of carbonyl (C=O) groups excluding carboxylic acids is 3. The van der Waals surface area contributed by atoms with E-state index in [1.54, 1.807) is 35.5 Å². The van der Waals surface area contributed by atoms with Crippen molar-refractivity contribution in [3.05, 3.63) is 70.2 Å². The van der Waals surface area contributed by atoms with Crippen LogP contribution >= 0.6 is 11.6 Å². The van der Waals surface area contributed by atoms with Crippen molar-refractivity contribution in [3.63, 3.8) is 0 Å². The number of ether oxygens (including phenoxy) is 2. The molecular formula is C24H21ClN2O5. The van der Waals surface area contributed by atoms with Gasteiger partial charge in [-0.2, -0.15) is 5.10 Å². The number of hydrazone groups is 1. The van der Waals surface area contributed by atoms with E-state index in [4.69, 9.17) is 21.1 Å². The maximum atomic E-state index is 13.8. The number of hydrogen-bond acceptors (Lipinski definition) is 7. The number of rotatable bonds is 2. The molecule has 3 heterocycles. The van der Waals surface area contributed by atoms with E-state index < -0.39 is 41.1 Å². The van der Waals surface area contributed by atoms with Crippen LogP contribution in [-0.4, -0.2) is 40.8 Å². The lowest BCUT2D eigenvalue weighted by Gasteiger charge is -2.44. The minimum Gasteiger partial charge on any atom is -0.422 e. The van der Waals surface area contributed by atoms with Gasteiger partial charge in [-0.05, 0) is 29.7 Å². The zero-order chi connectivity index (χ0) is 22.8. The predicted molar refractivity (Wildman–Crippen MR) is 116 cm³/mol. The minimum atomic E-state index is -1.87.